The Morgan fingerprint density at radius 3 is 2.62 bits per heavy atom. The fourth-order valence-electron chi connectivity index (χ4n) is 3.06. The van der Waals surface area contributed by atoms with Crippen LogP contribution in [0.3, 0.4) is 0 Å². The molecular formula is C15H23N5O. The van der Waals surface area contributed by atoms with Crippen LogP contribution in [0.1, 0.15) is 32.1 Å². The van der Waals surface area contributed by atoms with E-state index in [0.29, 0.717) is 0 Å². The van der Waals surface area contributed by atoms with Crippen molar-refractivity contribution in [1.29, 1.82) is 0 Å². The van der Waals surface area contributed by atoms with Crippen molar-refractivity contribution in [1.82, 2.24) is 20.6 Å². The molecule has 0 spiro atoms. The molecule has 0 unspecified atom stereocenters. The van der Waals surface area contributed by atoms with Gasteiger partial charge in [0.1, 0.15) is 0 Å². The van der Waals surface area contributed by atoms with E-state index in [-0.39, 0.29) is 18.0 Å². The van der Waals surface area contributed by atoms with Crippen molar-refractivity contribution < 1.29 is 4.79 Å². The first kappa shape index (κ1) is 14.3. The zero-order valence-corrected chi connectivity index (χ0v) is 12.3. The zero-order chi connectivity index (χ0) is 14.5. The van der Waals surface area contributed by atoms with Crippen molar-refractivity contribution in [3.8, 4) is 0 Å². The third-order valence-electron chi connectivity index (χ3n) is 4.30. The van der Waals surface area contributed by atoms with E-state index in [2.05, 4.69) is 25.5 Å². The van der Waals surface area contributed by atoms with Gasteiger partial charge in [-0.15, -0.1) is 0 Å². The Bertz CT molecular complexity index is 452. The van der Waals surface area contributed by atoms with E-state index in [1.807, 2.05) is 6.07 Å². The molecule has 6 nitrogen and oxygen atoms in total. The summed E-state index contributed by atoms with van der Waals surface area (Å²) in [7, 11) is 0. The van der Waals surface area contributed by atoms with Gasteiger partial charge in [0.05, 0.1) is 6.04 Å². The number of nitrogens with zero attached hydrogens (tertiary/aromatic N) is 3. The van der Waals surface area contributed by atoms with Crippen LogP contribution in [-0.2, 0) is 4.79 Å². The van der Waals surface area contributed by atoms with E-state index in [1.54, 1.807) is 12.4 Å². The van der Waals surface area contributed by atoms with Crippen molar-refractivity contribution in [2.24, 2.45) is 0 Å². The van der Waals surface area contributed by atoms with Crippen LogP contribution in [-0.4, -0.2) is 47.6 Å². The lowest BCUT2D eigenvalue weighted by atomic mass is 10.0. The van der Waals surface area contributed by atoms with Gasteiger partial charge in [-0.3, -0.25) is 4.79 Å². The zero-order valence-electron chi connectivity index (χ0n) is 12.3. The van der Waals surface area contributed by atoms with Gasteiger partial charge in [0.25, 0.3) is 0 Å². The van der Waals surface area contributed by atoms with Gasteiger partial charge in [0.2, 0.25) is 11.9 Å². The SMILES string of the molecule is O=C(NC1CCN(c2ncccn2)CC1)[C@@H]1CCCCN1. The average Bonchev–Trinajstić information content (AvgIpc) is 2.57. The van der Waals surface area contributed by atoms with Gasteiger partial charge in [-0.25, -0.2) is 9.97 Å². The molecule has 2 N–H and O–H groups in total. The lowest BCUT2D eigenvalue weighted by Crippen LogP contribution is -2.52. The summed E-state index contributed by atoms with van der Waals surface area (Å²) in [5, 5.41) is 6.49. The normalized spacial score (nSPS) is 23.8. The fourth-order valence-corrected chi connectivity index (χ4v) is 3.06. The predicted octanol–water partition coefficient (Wildman–Crippen LogP) is 0.704. The Hall–Kier alpha value is -1.69. The van der Waals surface area contributed by atoms with Gasteiger partial charge >= 0.3 is 0 Å². The van der Waals surface area contributed by atoms with Crippen LogP contribution in [0.2, 0.25) is 0 Å². The summed E-state index contributed by atoms with van der Waals surface area (Å²) in [4.78, 5) is 22.9. The highest BCUT2D eigenvalue weighted by molar-refractivity contribution is 5.82. The molecule has 0 bridgehead atoms. The number of carbonyl (C=O) groups excluding carboxylic acids is 1. The highest BCUT2D eigenvalue weighted by Gasteiger charge is 2.26. The van der Waals surface area contributed by atoms with E-state index in [1.165, 1.54) is 6.42 Å². The molecule has 2 aliphatic rings. The number of hydrogen-bond acceptors (Lipinski definition) is 5. The first-order valence-corrected chi connectivity index (χ1v) is 7.88. The summed E-state index contributed by atoms with van der Waals surface area (Å²) in [6.07, 6.45) is 8.74. The molecule has 1 aromatic rings. The molecule has 0 saturated carbocycles. The van der Waals surface area contributed by atoms with Crippen LogP contribution in [0.15, 0.2) is 18.5 Å². The molecule has 2 fully saturated rings. The summed E-state index contributed by atoms with van der Waals surface area (Å²) in [5.74, 6) is 0.959. The molecule has 6 heteroatoms. The fraction of sp³-hybridized carbons (Fsp3) is 0.667. The van der Waals surface area contributed by atoms with Crippen molar-refractivity contribution in [2.45, 2.75) is 44.2 Å². The molecule has 0 radical (unpaired) electrons. The summed E-state index contributed by atoms with van der Waals surface area (Å²) in [6.45, 7) is 2.75. The topological polar surface area (TPSA) is 70.2 Å². The number of carbonyl (C=O) groups is 1. The Morgan fingerprint density at radius 1 is 1.19 bits per heavy atom. The third kappa shape index (κ3) is 3.69. The van der Waals surface area contributed by atoms with Crippen LogP contribution in [0.25, 0.3) is 0 Å². The third-order valence-corrected chi connectivity index (χ3v) is 4.30. The molecule has 2 aliphatic heterocycles. The Morgan fingerprint density at radius 2 is 1.95 bits per heavy atom. The molecule has 3 heterocycles. The molecular weight excluding hydrogens is 266 g/mol. The number of aromatic nitrogens is 2. The quantitative estimate of drug-likeness (QED) is 0.857. The maximum Gasteiger partial charge on any atom is 0.237 e. The second-order valence-electron chi connectivity index (χ2n) is 5.82. The van der Waals surface area contributed by atoms with Crippen molar-refractivity contribution in [2.75, 3.05) is 24.5 Å². The summed E-state index contributed by atoms with van der Waals surface area (Å²) < 4.78 is 0. The van der Waals surface area contributed by atoms with Gasteiger partial charge in [-0.1, -0.05) is 6.42 Å². The first-order valence-electron chi connectivity index (χ1n) is 7.88. The Kier molecular flexibility index (Phi) is 4.65. The minimum Gasteiger partial charge on any atom is -0.352 e. The van der Waals surface area contributed by atoms with Crippen LogP contribution < -0.4 is 15.5 Å². The number of hydrogen-bond donors (Lipinski definition) is 2. The summed E-state index contributed by atoms with van der Waals surface area (Å²) in [5.41, 5.74) is 0. The number of piperidine rings is 2. The molecule has 0 aromatic carbocycles. The lowest BCUT2D eigenvalue weighted by molar-refractivity contribution is -0.124. The molecule has 2 saturated heterocycles. The summed E-state index contributed by atoms with van der Waals surface area (Å²) >= 11 is 0. The van der Waals surface area contributed by atoms with Gasteiger partial charge in [0.15, 0.2) is 0 Å². The second kappa shape index (κ2) is 6.85. The summed E-state index contributed by atoms with van der Waals surface area (Å²) in [6, 6.07) is 2.11. The Balaban J connectivity index is 1.46. The average molecular weight is 289 g/mol. The maximum absolute atomic E-state index is 12.2. The van der Waals surface area contributed by atoms with E-state index in [9.17, 15) is 4.79 Å². The number of anilines is 1. The molecule has 114 valence electrons. The van der Waals surface area contributed by atoms with Crippen molar-refractivity contribution in [3.63, 3.8) is 0 Å². The van der Waals surface area contributed by atoms with E-state index < -0.39 is 0 Å². The first-order chi connectivity index (χ1) is 10.3. The predicted molar refractivity (Wildman–Crippen MR) is 81.1 cm³/mol. The molecule has 1 amide bonds. The van der Waals surface area contributed by atoms with Crippen LogP contribution >= 0.6 is 0 Å². The Labute approximate surface area is 125 Å². The standard InChI is InChI=1S/C15H23N5O/c21-14(13-4-1-2-7-16-13)19-12-5-10-20(11-6-12)15-17-8-3-9-18-15/h3,8-9,12-13,16H,1-2,4-7,10-11H2,(H,19,21)/t13-/m0/s1. The van der Waals surface area contributed by atoms with Gasteiger partial charge in [-0.05, 0) is 38.3 Å². The van der Waals surface area contributed by atoms with Crippen molar-refractivity contribution in [3.05, 3.63) is 18.5 Å². The molecule has 1 atom stereocenters. The number of amides is 1. The molecule has 1 aromatic heterocycles. The monoisotopic (exact) mass is 289 g/mol. The molecule has 0 aliphatic carbocycles. The maximum atomic E-state index is 12.2. The lowest BCUT2D eigenvalue weighted by Gasteiger charge is -2.33. The minimum atomic E-state index is 0.00855. The van der Waals surface area contributed by atoms with E-state index >= 15 is 0 Å². The molecule has 3 rings (SSSR count). The highest BCUT2D eigenvalue weighted by Crippen LogP contribution is 2.16. The van der Waals surface area contributed by atoms with Gasteiger partial charge < -0.3 is 15.5 Å². The van der Waals surface area contributed by atoms with Crippen LogP contribution in [0.5, 0.6) is 0 Å². The minimum absolute atomic E-state index is 0.00855. The number of rotatable bonds is 3. The van der Waals surface area contributed by atoms with E-state index in [0.717, 1.165) is 51.3 Å². The number of nitrogens with one attached hydrogen (secondary N) is 2. The van der Waals surface area contributed by atoms with Crippen molar-refractivity contribution >= 4 is 11.9 Å². The largest absolute Gasteiger partial charge is 0.352 e. The van der Waals surface area contributed by atoms with Crippen LogP contribution in [0.4, 0.5) is 5.95 Å². The van der Waals surface area contributed by atoms with Gasteiger partial charge in [0, 0.05) is 31.5 Å². The second-order valence-corrected chi connectivity index (χ2v) is 5.82. The van der Waals surface area contributed by atoms with Crippen LogP contribution in [0, 0.1) is 0 Å². The smallest absolute Gasteiger partial charge is 0.237 e. The highest BCUT2D eigenvalue weighted by atomic mass is 16.2. The molecule has 21 heavy (non-hydrogen) atoms. The van der Waals surface area contributed by atoms with E-state index in [4.69, 9.17) is 0 Å². The van der Waals surface area contributed by atoms with Gasteiger partial charge in [-0.2, -0.15) is 0 Å².